The number of carbonyl (C=O) groups excluding carboxylic acids is 2. The average molecular weight is 360 g/mol. The second kappa shape index (κ2) is 9.58. The highest BCUT2D eigenvalue weighted by Crippen LogP contribution is 2.13. The molecule has 0 spiro atoms. The number of amides is 1. The lowest BCUT2D eigenvalue weighted by molar-refractivity contribution is -0.123. The Kier molecular flexibility index (Phi) is 7.16. The topological polar surface area (TPSA) is 77.0 Å². The van der Waals surface area contributed by atoms with E-state index in [1.165, 1.54) is 4.88 Å². The second-order valence-corrected chi connectivity index (χ2v) is 6.51. The summed E-state index contributed by atoms with van der Waals surface area (Å²) < 4.78 is 10.4. The molecule has 2 aromatic rings. The van der Waals surface area contributed by atoms with Gasteiger partial charge < -0.3 is 9.47 Å². The predicted octanol–water partition coefficient (Wildman–Crippen LogP) is 3.15. The fourth-order valence-corrected chi connectivity index (χ4v) is 2.59. The van der Waals surface area contributed by atoms with E-state index < -0.39 is 0 Å². The van der Waals surface area contributed by atoms with Gasteiger partial charge in [0.1, 0.15) is 5.75 Å². The summed E-state index contributed by atoms with van der Waals surface area (Å²) in [6.45, 7) is 4.16. The molecule has 0 saturated heterocycles. The molecule has 0 unspecified atom stereocenters. The van der Waals surface area contributed by atoms with E-state index in [0.717, 1.165) is 11.3 Å². The van der Waals surface area contributed by atoms with Crippen LogP contribution in [-0.4, -0.2) is 31.3 Å². The first-order valence-corrected chi connectivity index (χ1v) is 8.68. The molecule has 25 heavy (non-hydrogen) atoms. The molecule has 1 heterocycles. The highest BCUT2D eigenvalue weighted by molar-refractivity contribution is 7.13. The van der Waals surface area contributed by atoms with Gasteiger partial charge in [-0.3, -0.25) is 4.79 Å². The fraction of sp³-hybridized carbons (Fsp3) is 0.278. The van der Waals surface area contributed by atoms with Crippen molar-refractivity contribution >= 4 is 29.4 Å². The van der Waals surface area contributed by atoms with E-state index in [1.807, 2.05) is 26.0 Å². The van der Waals surface area contributed by atoms with Crippen LogP contribution in [0.2, 0.25) is 0 Å². The van der Waals surface area contributed by atoms with Crippen molar-refractivity contribution in [1.29, 1.82) is 0 Å². The number of esters is 1. The van der Waals surface area contributed by atoms with E-state index in [-0.39, 0.29) is 18.5 Å². The molecule has 0 aliphatic rings. The van der Waals surface area contributed by atoms with Crippen molar-refractivity contribution in [3.05, 3.63) is 51.7 Å². The van der Waals surface area contributed by atoms with E-state index in [9.17, 15) is 9.59 Å². The minimum atomic E-state index is -0.371. The van der Waals surface area contributed by atoms with Crippen LogP contribution in [-0.2, 0) is 9.53 Å². The van der Waals surface area contributed by atoms with Gasteiger partial charge in [-0.25, -0.2) is 10.2 Å². The summed E-state index contributed by atoms with van der Waals surface area (Å²) in [5.74, 6) is -0.250. The smallest absolute Gasteiger partial charge is 0.338 e. The van der Waals surface area contributed by atoms with Crippen LogP contribution in [0, 0.1) is 6.92 Å². The van der Waals surface area contributed by atoms with Crippen molar-refractivity contribution in [2.24, 2.45) is 5.10 Å². The van der Waals surface area contributed by atoms with Crippen molar-refractivity contribution in [3.63, 3.8) is 0 Å². The molecule has 1 amide bonds. The summed E-state index contributed by atoms with van der Waals surface area (Å²) in [5, 5.41) is 3.88. The Morgan fingerprint density at radius 3 is 2.60 bits per heavy atom. The number of rotatable bonds is 8. The number of benzene rings is 1. The number of hydrogen-bond donors (Lipinski definition) is 1. The van der Waals surface area contributed by atoms with Crippen LogP contribution < -0.4 is 10.2 Å². The number of carbonyl (C=O) groups is 2. The molecule has 1 aromatic heterocycles. The van der Waals surface area contributed by atoms with Crippen LogP contribution in [0.3, 0.4) is 0 Å². The zero-order valence-corrected chi connectivity index (χ0v) is 15.0. The molecular weight excluding hydrogens is 340 g/mol. The van der Waals surface area contributed by atoms with Crippen LogP contribution in [0.15, 0.2) is 41.5 Å². The summed E-state index contributed by atoms with van der Waals surface area (Å²) in [5.41, 5.74) is 2.85. The number of aryl methyl sites for hydroxylation is 1. The van der Waals surface area contributed by atoms with Crippen molar-refractivity contribution in [1.82, 2.24) is 5.43 Å². The summed E-state index contributed by atoms with van der Waals surface area (Å²) >= 11 is 1.59. The third-order valence-corrected chi connectivity index (χ3v) is 3.97. The van der Waals surface area contributed by atoms with Crippen molar-refractivity contribution in [3.8, 4) is 5.75 Å². The molecule has 132 valence electrons. The Labute approximate surface area is 150 Å². The van der Waals surface area contributed by atoms with Gasteiger partial charge in [-0.2, -0.15) is 5.10 Å². The van der Waals surface area contributed by atoms with Crippen LogP contribution in [0.25, 0.3) is 0 Å². The normalized spacial score (nSPS) is 10.6. The lowest BCUT2D eigenvalue weighted by atomic mass is 10.2. The SMILES string of the molecule is CCCOC(=O)c1ccc(OCC(=O)N/N=C/c2ccc(C)s2)cc1. The third kappa shape index (κ3) is 6.39. The minimum absolute atomic E-state index is 0.166. The summed E-state index contributed by atoms with van der Waals surface area (Å²) in [4.78, 5) is 25.5. The van der Waals surface area contributed by atoms with E-state index in [1.54, 1.807) is 41.8 Å². The van der Waals surface area contributed by atoms with Gasteiger partial charge in [0.2, 0.25) is 0 Å². The number of hydrazone groups is 1. The monoisotopic (exact) mass is 360 g/mol. The first-order valence-electron chi connectivity index (χ1n) is 7.87. The summed E-state index contributed by atoms with van der Waals surface area (Å²) in [6.07, 6.45) is 2.36. The van der Waals surface area contributed by atoms with Crippen LogP contribution in [0.4, 0.5) is 0 Å². The van der Waals surface area contributed by atoms with Crippen molar-refractivity contribution in [2.75, 3.05) is 13.2 Å². The number of hydrogen-bond acceptors (Lipinski definition) is 6. The molecular formula is C18H20N2O4S. The highest BCUT2D eigenvalue weighted by Gasteiger charge is 2.07. The zero-order chi connectivity index (χ0) is 18.1. The third-order valence-electron chi connectivity index (χ3n) is 3.04. The number of thiophene rings is 1. The van der Waals surface area contributed by atoms with Crippen LogP contribution in [0.5, 0.6) is 5.75 Å². The Morgan fingerprint density at radius 1 is 1.20 bits per heavy atom. The molecule has 6 nitrogen and oxygen atoms in total. The highest BCUT2D eigenvalue weighted by atomic mass is 32.1. The van der Waals surface area contributed by atoms with E-state index >= 15 is 0 Å². The van der Waals surface area contributed by atoms with Gasteiger partial charge in [0.15, 0.2) is 6.61 Å². The maximum atomic E-state index is 11.7. The van der Waals surface area contributed by atoms with Gasteiger partial charge in [0.25, 0.3) is 5.91 Å². The largest absolute Gasteiger partial charge is 0.484 e. The van der Waals surface area contributed by atoms with Crippen molar-refractivity contribution in [2.45, 2.75) is 20.3 Å². The average Bonchev–Trinajstić information content (AvgIpc) is 3.03. The summed E-state index contributed by atoms with van der Waals surface area (Å²) in [7, 11) is 0. The van der Waals surface area contributed by atoms with Gasteiger partial charge in [-0.05, 0) is 49.7 Å². The van der Waals surface area contributed by atoms with E-state index in [2.05, 4.69) is 10.5 Å². The zero-order valence-electron chi connectivity index (χ0n) is 14.2. The summed E-state index contributed by atoms with van der Waals surface area (Å²) in [6, 6.07) is 10.4. The Morgan fingerprint density at radius 2 is 1.96 bits per heavy atom. The molecule has 0 aliphatic heterocycles. The van der Waals surface area contributed by atoms with Crippen LogP contribution >= 0.6 is 11.3 Å². The van der Waals surface area contributed by atoms with E-state index in [0.29, 0.717) is 17.9 Å². The minimum Gasteiger partial charge on any atom is -0.484 e. The second-order valence-electron chi connectivity index (χ2n) is 5.19. The Balaban J connectivity index is 1.75. The molecule has 0 aliphatic carbocycles. The molecule has 0 bridgehead atoms. The molecule has 7 heteroatoms. The van der Waals surface area contributed by atoms with Gasteiger partial charge in [-0.1, -0.05) is 6.92 Å². The number of nitrogens with zero attached hydrogens (tertiary/aromatic N) is 1. The predicted molar refractivity (Wildman–Crippen MR) is 97.3 cm³/mol. The molecule has 0 saturated carbocycles. The first-order chi connectivity index (χ1) is 12.1. The molecule has 1 aromatic carbocycles. The molecule has 2 rings (SSSR count). The Hall–Kier alpha value is -2.67. The number of ether oxygens (including phenoxy) is 2. The lowest BCUT2D eigenvalue weighted by Crippen LogP contribution is -2.24. The maximum absolute atomic E-state index is 11.7. The number of nitrogens with one attached hydrogen (secondary N) is 1. The lowest BCUT2D eigenvalue weighted by Gasteiger charge is -2.06. The molecule has 0 radical (unpaired) electrons. The fourth-order valence-electron chi connectivity index (χ4n) is 1.84. The van der Waals surface area contributed by atoms with Gasteiger partial charge in [0, 0.05) is 9.75 Å². The maximum Gasteiger partial charge on any atom is 0.338 e. The van der Waals surface area contributed by atoms with Crippen LogP contribution in [0.1, 0.15) is 33.5 Å². The van der Waals surface area contributed by atoms with E-state index in [4.69, 9.17) is 9.47 Å². The van der Waals surface area contributed by atoms with Crippen molar-refractivity contribution < 1.29 is 19.1 Å². The molecule has 0 atom stereocenters. The first kappa shape index (κ1) is 18.7. The Bertz CT molecular complexity index is 738. The van der Waals surface area contributed by atoms with Gasteiger partial charge in [-0.15, -0.1) is 11.3 Å². The standard InChI is InChI=1S/C18H20N2O4S/c1-3-10-23-18(22)14-5-7-15(8-6-14)24-12-17(21)20-19-11-16-9-4-13(2)25-16/h4-9,11H,3,10,12H2,1-2H3,(H,20,21)/b19-11+. The van der Waals surface area contributed by atoms with Gasteiger partial charge >= 0.3 is 5.97 Å². The molecule has 1 N–H and O–H groups in total. The van der Waals surface area contributed by atoms with Gasteiger partial charge in [0.05, 0.1) is 18.4 Å². The molecule has 0 fully saturated rings. The quantitative estimate of drug-likeness (QED) is 0.446.